The first-order chi connectivity index (χ1) is 27.8. The standard InChI is InChI=1S/C31H44N2O5S/c1-5-8-12-29-30(27-23-25(32-39(4,35)36)15-18-28(27)38-29)31(34)24-13-16-26(17-14-24)37-22-11-21-33(19-9-6-2)20-10-7-3/h13-18,23,32H,5-12,19-22H2,1-4H3/i2D3,3D3,6D2,7D2,9D2,10D2,11D2,19D2,20D2,21D2,22D2. The van der Waals surface area contributed by atoms with Crippen LogP contribution in [-0.2, 0) is 16.4 Å². The predicted molar refractivity (Wildman–Crippen MR) is 160 cm³/mol. The van der Waals surface area contributed by atoms with Gasteiger partial charge in [-0.3, -0.25) is 9.52 Å². The Balaban J connectivity index is 2.22. The van der Waals surface area contributed by atoms with Gasteiger partial charge < -0.3 is 14.1 Å². The van der Waals surface area contributed by atoms with Gasteiger partial charge in [-0.15, -0.1) is 0 Å². The quantitative estimate of drug-likeness (QED) is 0.162. The van der Waals surface area contributed by atoms with E-state index < -0.39 is 98.1 Å². The number of nitrogens with one attached hydrogen (secondary N) is 1. The molecule has 7 nitrogen and oxygen atoms in total. The second kappa shape index (κ2) is 15.1. The molecule has 0 aliphatic rings. The van der Waals surface area contributed by atoms with Gasteiger partial charge in [0.25, 0.3) is 0 Å². The van der Waals surface area contributed by atoms with Crippen molar-refractivity contribution < 1.29 is 55.3 Å². The van der Waals surface area contributed by atoms with Crippen LogP contribution in [0.25, 0.3) is 11.0 Å². The Morgan fingerprint density at radius 1 is 1.05 bits per heavy atom. The van der Waals surface area contributed by atoms with Crippen molar-refractivity contribution in [2.45, 2.75) is 71.8 Å². The molecule has 0 atom stereocenters. The molecule has 0 saturated carbocycles. The van der Waals surface area contributed by atoms with Gasteiger partial charge in [-0.1, -0.05) is 39.8 Å². The van der Waals surface area contributed by atoms with Gasteiger partial charge in [-0.2, -0.15) is 0 Å². The summed E-state index contributed by atoms with van der Waals surface area (Å²) >= 11 is 0. The molecular formula is C31H44N2O5S. The maximum absolute atomic E-state index is 14.0. The molecule has 0 radical (unpaired) electrons. The highest BCUT2D eigenvalue weighted by molar-refractivity contribution is 7.92. The Morgan fingerprint density at radius 2 is 1.74 bits per heavy atom. The molecule has 3 rings (SSSR count). The summed E-state index contributed by atoms with van der Waals surface area (Å²) in [5, 5.41) is 0.212. The zero-order valence-corrected chi connectivity index (χ0v) is 21.9. The number of nitrogens with zero attached hydrogens (tertiary/aromatic N) is 1. The third-order valence-corrected chi connectivity index (χ3v) is 5.62. The molecule has 0 fully saturated rings. The number of carbonyl (C=O) groups excluding carboxylic acids is 1. The van der Waals surface area contributed by atoms with Crippen LogP contribution < -0.4 is 9.46 Å². The van der Waals surface area contributed by atoms with E-state index in [2.05, 4.69) is 4.72 Å². The third kappa shape index (κ3) is 9.39. The van der Waals surface area contributed by atoms with Crippen LogP contribution in [0.2, 0.25) is 0 Å². The number of sulfonamides is 1. The van der Waals surface area contributed by atoms with Crippen LogP contribution in [-0.4, -0.2) is 51.4 Å². The highest BCUT2D eigenvalue weighted by Crippen LogP contribution is 2.32. The summed E-state index contributed by atoms with van der Waals surface area (Å²) < 4.78 is 233. The summed E-state index contributed by atoms with van der Waals surface area (Å²) in [4.78, 5) is 12.6. The smallest absolute Gasteiger partial charge is 0.229 e. The van der Waals surface area contributed by atoms with Crippen molar-refractivity contribution in [1.29, 1.82) is 0 Å². The normalized spacial score (nSPS) is 24.9. The minimum absolute atomic E-state index is 0.0261. The average Bonchev–Trinajstić information content (AvgIpc) is 3.45. The Bertz CT molecular complexity index is 2220. The molecule has 214 valence electrons. The number of hydrogen-bond acceptors (Lipinski definition) is 6. The lowest BCUT2D eigenvalue weighted by Crippen LogP contribution is -2.28. The summed E-state index contributed by atoms with van der Waals surface area (Å²) in [6, 6.07) is 8.05. The highest BCUT2D eigenvalue weighted by Gasteiger charge is 2.22. The van der Waals surface area contributed by atoms with Crippen molar-refractivity contribution in [3.05, 3.63) is 59.4 Å². The maximum Gasteiger partial charge on any atom is 0.229 e. The Hall–Kier alpha value is -2.84. The number of ketones is 1. The van der Waals surface area contributed by atoms with Crippen molar-refractivity contribution in [2.24, 2.45) is 0 Å². The molecule has 3 aromatic rings. The number of carbonyl (C=O) groups is 1. The molecule has 39 heavy (non-hydrogen) atoms. The molecule has 1 heterocycles. The van der Waals surface area contributed by atoms with Crippen LogP contribution in [0.15, 0.2) is 46.9 Å². The fourth-order valence-electron chi connectivity index (χ4n) is 3.42. The van der Waals surface area contributed by atoms with Crippen LogP contribution in [0.4, 0.5) is 5.69 Å². The molecule has 0 saturated heterocycles. The zero-order valence-electron chi connectivity index (χ0n) is 45.1. The van der Waals surface area contributed by atoms with Gasteiger partial charge in [-0.25, -0.2) is 8.42 Å². The molecule has 0 spiro atoms. The van der Waals surface area contributed by atoms with Gasteiger partial charge in [-0.05, 0) is 81.0 Å². The molecule has 0 unspecified atom stereocenters. The molecule has 0 bridgehead atoms. The second-order valence-electron chi connectivity index (χ2n) is 7.94. The summed E-state index contributed by atoms with van der Waals surface area (Å²) in [6.45, 7) is -25.6. The molecule has 0 aliphatic carbocycles. The summed E-state index contributed by atoms with van der Waals surface area (Å²) in [6.07, 6.45) is -20.7. The van der Waals surface area contributed by atoms with Gasteiger partial charge in [0.15, 0.2) is 5.78 Å². The number of hydrogen-bond donors (Lipinski definition) is 1. The first-order valence-electron chi connectivity index (χ1n) is 23.5. The monoisotopic (exact) mass is 580 g/mol. The zero-order chi connectivity index (χ0) is 49.4. The van der Waals surface area contributed by atoms with E-state index in [4.69, 9.17) is 42.1 Å². The first-order valence-corrected chi connectivity index (χ1v) is 13.4. The molecule has 1 aromatic heterocycles. The van der Waals surface area contributed by atoms with E-state index in [0.717, 1.165) is 30.5 Å². The number of ether oxygens (including phenoxy) is 1. The maximum atomic E-state index is 14.0. The lowest BCUT2D eigenvalue weighted by atomic mass is 9.98. The van der Waals surface area contributed by atoms with E-state index in [1.807, 2.05) is 6.92 Å². The summed E-state index contributed by atoms with van der Waals surface area (Å²) in [5.74, 6) is -1.17. The van der Waals surface area contributed by atoms with E-state index in [1.54, 1.807) is 0 Å². The van der Waals surface area contributed by atoms with E-state index in [1.165, 1.54) is 18.2 Å². The van der Waals surface area contributed by atoms with Crippen molar-refractivity contribution in [2.75, 3.05) is 37.0 Å². The van der Waals surface area contributed by atoms with Crippen molar-refractivity contribution in [1.82, 2.24) is 4.90 Å². The minimum Gasteiger partial charge on any atom is -0.494 e. The largest absolute Gasteiger partial charge is 0.494 e. The molecule has 0 amide bonds. The van der Waals surface area contributed by atoms with Gasteiger partial charge in [0.2, 0.25) is 10.0 Å². The van der Waals surface area contributed by atoms with Crippen LogP contribution in [0.3, 0.4) is 0 Å². The summed E-state index contributed by atoms with van der Waals surface area (Å²) in [5.41, 5.74) is 0.215. The number of rotatable bonds is 18. The number of furan rings is 1. The number of aryl methyl sites for hydroxylation is 1. The van der Waals surface area contributed by atoms with E-state index >= 15 is 0 Å². The van der Waals surface area contributed by atoms with Crippen molar-refractivity contribution in [3.8, 4) is 5.75 Å². The summed E-state index contributed by atoms with van der Waals surface area (Å²) in [7, 11) is -3.74. The predicted octanol–water partition coefficient (Wildman–Crippen LogP) is 7.05. The van der Waals surface area contributed by atoms with Crippen molar-refractivity contribution >= 4 is 32.5 Å². The lowest BCUT2D eigenvalue weighted by molar-refractivity contribution is 0.103. The van der Waals surface area contributed by atoms with Gasteiger partial charge >= 0.3 is 0 Å². The Labute approximate surface area is 267 Å². The lowest BCUT2D eigenvalue weighted by Gasteiger charge is -2.21. The number of fused-ring (bicyclic) bond motifs is 1. The van der Waals surface area contributed by atoms with Crippen LogP contribution >= 0.6 is 0 Å². The van der Waals surface area contributed by atoms with Gasteiger partial charge in [0, 0.05) is 59.7 Å². The first kappa shape index (κ1) is 11.6. The Morgan fingerprint density at radius 3 is 2.38 bits per heavy atom. The molecule has 2 aromatic carbocycles. The topological polar surface area (TPSA) is 88.8 Å². The second-order valence-corrected chi connectivity index (χ2v) is 9.69. The van der Waals surface area contributed by atoms with Gasteiger partial charge in [0.05, 0.1) is 21.1 Å². The third-order valence-electron chi connectivity index (χ3n) is 5.01. The van der Waals surface area contributed by atoms with Crippen molar-refractivity contribution in [3.63, 3.8) is 0 Å². The highest BCUT2D eigenvalue weighted by atomic mass is 32.2. The fourth-order valence-corrected chi connectivity index (χ4v) is 3.98. The number of benzene rings is 2. The fraction of sp³-hybridized carbons (Fsp3) is 0.516. The molecule has 8 heteroatoms. The molecule has 1 N–H and O–H groups in total. The van der Waals surface area contributed by atoms with E-state index in [0.29, 0.717) is 12.8 Å². The van der Waals surface area contributed by atoms with Crippen LogP contribution in [0, 0.1) is 0 Å². The molecule has 0 aliphatic heterocycles. The van der Waals surface area contributed by atoms with Crippen LogP contribution in [0.1, 0.15) is 120 Å². The number of unbranched alkanes of at least 4 members (excludes halogenated alkanes) is 1. The van der Waals surface area contributed by atoms with Gasteiger partial charge in [0.1, 0.15) is 17.1 Å². The number of anilines is 1. The average molecular weight is 581 g/mol. The SMILES string of the molecule is [2H]C([2H])([2H])C([2H])([2H])C([2H])([2H])C([2H])([2H])N(C([2H])([2H])C([2H])([2H])C([2H])([2H])Oc1ccc(C(=O)c2c(CCCC)oc3ccc(NS(C)(=O)=O)cc23)cc1)C([2H])([2H])C([2H])([2H])C([2H])([2H])C([2H])([2H])[2H]. The van der Waals surface area contributed by atoms with E-state index in [9.17, 15) is 13.2 Å². The van der Waals surface area contributed by atoms with Crippen LogP contribution in [0.5, 0.6) is 5.75 Å². The Kier molecular flexibility index (Phi) is 4.47. The van der Waals surface area contributed by atoms with E-state index in [-0.39, 0.29) is 40.0 Å². The molecular weight excluding hydrogens is 512 g/mol. The minimum atomic E-state index is -4.99.